The lowest BCUT2D eigenvalue weighted by Crippen LogP contribution is -2.55. The highest BCUT2D eigenvalue weighted by molar-refractivity contribution is 5.97. The van der Waals surface area contributed by atoms with E-state index in [0.29, 0.717) is 12.1 Å². The summed E-state index contributed by atoms with van der Waals surface area (Å²) in [5.41, 5.74) is 3.70. The third-order valence-corrected chi connectivity index (χ3v) is 7.26. The Morgan fingerprint density at radius 2 is 1.97 bits per heavy atom. The molecule has 3 aliphatic rings. The topological polar surface area (TPSA) is 85.0 Å². The number of amides is 1. The van der Waals surface area contributed by atoms with E-state index in [9.17, 15) is 4.79 Å². The Balaban J connectivity index is 1.39. The first-order valence-corrected chi connectivity index (χ1v) is 11.7. The smallest absolute Gasteiger partial charge is 0.253 e. The van der Waals surface area contributed by atoms with Crippen LogP contribution in [0.2, 0.25) is 0 Å². The number of methoxy groups -OCH3 is 2. The fourth-order valence-electron chi connectivity index (χ4n) is 5.33. The van der Waals surface area contributed by atoms with Crippen LogP contribution in [0.3, 0.4) is 0 Å². The Bertz CT molecular complexity index is 986. The molecule has 2 aromatic rings. The minimum absolute atomic E-state index is 0.0134. The van der Waals surface area contributed by atoms with Gasteiger partial charge in [-0.3, -0.25) is 14.7 Å². The van der Waals surface area contributed by atoms with Gasteiger partial charge in [-0.05, 0) is 42.2 Å². The molecule has 1 amide bonds. The number of hydrogen-bond acceptors (Lipinski definition) is 7. The van der Waals surface area contributed by atoms with Crippen molar-refractivity contribution in [3.05, 3.63) is 52.8 Å². The number of nitrogens with zero attached hydrogens (tertiary/aromatic N) is 2. The van der Waals surface area contributed by atoms with Crippen LogP contribution in [0.25, 0.3) is 0 Å². The number of pyridine rings is 1. The van der Waals surface area contributed by atoms with Gasteiger partial charge >= 0.3 is 0 Å². The Kier molecular flexibility index (Phi) is 6.23. The van der Waals surface area contributed by atoms with Crippen LogP contribution in [0.4, 0.5) is 0 Å². The number of carbonyl (C=O) groups is 1. The van der Waals surface area contributed by atoms with Crippen molar-refractivity contribution in [1.29, 1.82) is 0 Å². The molecule has 1 unspecified atom stereocenters. The average molecular weight is 453 g/mol. The SMILES string of the molecule is COc1cc(C2CNC(=O)c3cnccc32)cc(OC)c1CN1CCC2(CC1)CNCCO2. The van der Waals surface area contributed by atoms with Gasteiger partial charge in [-0.1, -0.05) is 0 Å². The zero-order chi connectivity index (χ0) is 22.8. The fraction of sp³-hybridized carbons (Fsp3) is 0.520. The molecule has 2 saturated heterocycles. The van der Waals surface area contributed by atoms with Crippen LogP contribution in [0.1, 0.15) is 45.8 Å². The largest absolute Gasteiger partial charge is 0.496 e. The number of hydrogen-bond donors (Lipinski definition) is 2. The van der Waals surface area contributed by atoms with Crippen LogP contribution in [-0.2, 0) is 11.3 Å². The molecule has 0 radical (unpaired) electrons. The lowest BCUT2D eigenvalue weighted by Gasteiger charge is -2.44. The number of nitrogens with one attached hydrogen (secondary N) is 2. The molecule has 1 aromatic heterocycles. The van der Waals surface area contributed by atoms with Crippen molar-refractivity contribution < 1.29 is 19.0 Å². The van der Waals surface area contributed by atoms with Gasteiger partial charge < -0.3 is 24.8 Å². The maximum absolute atomic E-state index is 12.3. The number of likely N-dealkylation sites (tertiary alicyclic amines) is 1. The summed E-state index contributed by atoms with van der Waals surface area (Å²) in [6, 6.07) is 6.10. The second-order valence-corrected chi connectivity index (χ2v) is 9.11. The number of morpholine rings is 1. The van der Waals surface area contributed by atoms with E-state index in [1.54, 1.807) is 26.6 Å². The molecule has 3 aliphatic heterocycles. The fourth-order valence-corrected chi connectivity index (χ4v) is 5.33. The first-order valence-electron chi connectivity index (χ1n) is 11.7. The van der Waals surface area contributed by atoms with Crippen LogP contribution >= 0.6 is 0 Å². The molecule has 0 bridgehead atoms. The molecule has 1 spiro atoms. The predicted octanol–water partition coefficient (Wildman–Crippen LogP) is 1.93. The van der Waals surface area contributed by atoms with Gasteiger partial charge in [0.05, 0.1) is 37.6 Å². The van der Waals surface area contributed by atoms with Gasteiger partial charge in [-0.25, -0.2) is 0 Å². The zero-order valence-electron chi connectivity index (χ0n) is 19.4. The molecule has 0 aliphatic carbocycles. The molecular formula is C25H32N4O4. The molecule has 0 saturated carbocycles. The van der Waals surface area contributed by atoms with Crippen LogP contribution in [0, 0.1) is 0 Å². The van der Waals surface area contributed by atoms with E-state index < -0.39 is 0 Å². The molecular weight excluding hydrogens is 420 g/mol. The lowest BCUT2D eigenvalue weighted by molar-refractivity contribution is -0.101. The minimum atomic E-state index is -0.0788. The number of fused-ring (bicyclic) bond motifs is 1. The Hall–Kier alpha value is -2.68. The van der Waals surface area contributed by atoms with Crippen molar-refractivity contribution in [2.45, 2.75) is 30.9 Å². The summed E-state index contributed by atoms with van der Waals surface area (Å²) >= 11 is 0. The predicted molar refractivity (Wildman–Crippen MR) is 124 cm³/mol. The highest BCUT2D eigenvalue weighted by atomic mass is 16.5. The van der Waals surface area contributed by atoms with Crippen molar-refractivity contribution in [1.82, 2.24) is 20.5 Å². The molecule has 8 nitrogen and oxygen atoms in total. The van der Waals surface area contributed by atoms with Crippen LogP contribution in [0.5, 0.6) is 11.5 Å². The second-order valence-electron chi connectivity index (χ2n) is 9.11. The van der Waals surface area contributed by atoms with E-state index >= 15 is 0 Å². The minimum Gasteiger partial charge on any atom is -0.496 e. The van der Waals surface area contributed by atoms with E-state index in [1.807, 2.05) is 6.07 Å². The highest BCUT2D eigenvalue weighted by Crippen LogP contribution is 2.39. The summed E-state index contributed by atoms with van der Waals surface area (Å²) in [6.45, 7) is 5.93. The summed E-state index contributed by atoms with van der Waals surface area (Å²) in [4.78, 5) is 18.9. The van der Waals surface area contributed by atoms with Crippen molar-refractivity contribution >= 4 is 5.91 Å². The van der Waals surface area contributed by atoms with Crippen molar-refractivity contribution in [3.8, 4) is 11.5 Å². The number of carbonyl (C=O) groups excluding carboxylic acids is 1. The molecule has 4 heterocycles. The third-order valence-electron chi connectivity index (χ3n) is 7.26. The van der Waals surface area contributed by atoms with E-state index in [4.69, 9.17) is 14.2 Å². The highest BCUT2D eigenvalue weighted by Gasteiger charge is 2.37. The van der Waals surface area contributed by atoms with Crippen LogP contribution in [0.15, 0.2) is 30.6 Å². The van der Waals surface area contributed by atoms with E-state index in [2.05, 4.69) is 32.7 Å². The van der Waals surface area contributed by atoms with Crippen molar-refractivity contribution in [3.63, 3.8) is 0 Å². The molecule has 33 heavy (non-hydrogen) atoms. The van der Waals surface area contributed by atoms with E-state index in [0.717, 1.165) is 80.4 Å². The van der Waals surface area contributed by atoms with E-state index in [1.165, 1.54) is 0 Å². The molecule has 5 rings (SSSR count). The van der Waals surface area contributed by atoms with Crippen LogP contribution < -0.4 is 20.1 Å². The van der Waals surface area contributed by atoms with Gasteiger partial charge in [0.2, 0.25) is 0 Å². The normalized spacial score (nSPS) is 22.5. The average Bonchev–Trinajstić information content (AvgIpc) is 2.86. The molecule has 1 aromatic carbocycles. The monoisotopic (exact) mass is 452 g/mol. The van der Waals surface area contributed by atoms with Crippen LogP contribution in [-0.4, -0.2) is 74.9 Å². The number of aromatic nitrogens is 1. The van der Waals surface area contributed by atoms with Crippen molar-refractivity contribution in [2.75, 3.05) is 53.6 Å². The molecule has 176 valence electrons. The molecule has 8 heteroatoms. The number of piperidine rings is 1. The first-order chi connectivity index (χ1) is 16.1. The van der Waals surface area contributed by atoms with Gasteiger partial charge in [0.1, 0.15) is 11.5 Å². The van der Waals surface area contributed by atoms with E-state index in [-0.39, 0.29) is 17.4 Å². The summed E-state index contributed by atoms with van der Waals surface area (Å²) in [6.07, 6.45) is 5.42. The quantitative estimate of drug-likeness (QED) is 0.717. The molecule has 2 fully saturated rings. The van der Waals surface area contributed by atoms with Gasteiger partial charge in [0.15, 0.2) is 0 Å². The summed E-state index contributed by atoms with van der Waals surface area (Å²) in [5.74, 6) is 1.56. The summed E-state index contributed by atoms with van der Waals surface area (Å²) < 4.78 is 17.8. The summed E-state index contributed by atoms with van der Waals surface area (Å²) in [5, 5.41) is 6.46. The summed E-state index contributed by atoms with van der Waals surface area (Å²) in [7, 11) is 3.41. The van der Waals surface area contributed by atoms with Gasteiger partial charge in [-0.2, -0.15) is 0 Å². The van der Waals surface area contributed by atoms with Gasteiger partial charge in [-0.15, -0.1) is 0 Å². The molecule has 2 N–H and O–H groups in total. The molecule has 1 atom stereocenters. The third kappa shape index (κ3) is 4.30. The van der Waals surface area contributed by atoms with Gasteiger partial charge in [0.25, 0.3) is 5.91 Å². The Morgan fingerprint density at radius 3 is 2.64 bits per heavy atom. The standard InChI is InChI=1S/C25H32N4O4/c1-31-22-11-17(19-14-28-24(30)20-13-26-6-3-18(19)20)12-23(32-2)21(22)15-29-8-4-25(5-9-29)16-27-7-10-33-25/h3,6,11-13,19,27H,4-5,7-10,14-16H2,1-2H3,(H,28,30). The van der Waals surface area contributed by atoms with Crippen molar-refractivity contribution in [2.24, 2.45) is 0 Å². The number of rotatable bonds is 5. The second kappa shape index (κ2) is 9.29. The Morgan fingerprint density at radius 1 is 1.21 bits per heavy atom. The number of ether oxygens (including phenoxy) is 3. The number of benzene rings is 1. The first kappa shape index (κ1) is 22.1. The zero-order valence-corrected chi connectivity index (χ0v) is 19.4. The maximum Gasteiger partial charge on any atom is 0.253 e. The Labute approximate surface area is 194 Å². The maximum atomic E-state index is 12.3. The lowest BCUT2D eigenvalue weighted by atomic mass is 9.85. The van der Waals surface area contributed by atoms with Gasteiger partial charge in [0, 0.05) is 57.6 Å².